The number of aryl methyl sites for hydroxylation is 1. The number of hydrogen-bond acceptors (Lipinski definition) is 3. The third-order valence-corrected chi connectivity index (χ3v) is 5.38. The Morgan fingerprint density at radius 2 is 2.04 bits per heavy atom. The molecule has 3 rings (SSSR count). The predicted octanol–water partition coefficient (Wildman–Crippen LogP) is 3.32. The van der Waals surface area contributed by atoms with Crippen molar-refractivity contribution in [2.75, 3.05) is 13.1 Å². The van der Waals surface area contributed by atoms with Crippen LogP contribution in [0.2, 0.25) is 0 Å². The van der Waals surface area contributed by atoms with E-state index >= 15 is 0 Å². The fourth-order valence-corrected chi connectivity index (χ4v) is 3.54. The summed E-state index contributed by atoms with van der Waals surface area (Å²) in [4.78, 5) is 14.6. The van der Waals surface area contributed by atoms with Crippen molar-refractivity contribution in [2.45, 2.75) is 70.9 Å². The number of carbonyl (C=O) groups excluding carboxylic acids is 1. The van der Waals surface area contributed by atoms with Crippen LogP contribution < -0.4 is 5.32 Å². The van der Waals surface area contributed by atoms with Crippen LogP contribution >= 0.6 is 0 Å². The lowest BCUT2D eigenvalue weighted by atomic mass is 10.0. The van der Waals surface area contributed by atoms with E-state index < -0.39 is 0 Å². The first-order valence-corrected chi connectivity index (χ1v) is 9.15. The number of furan rings is 1. The van der Waals surface area contributed by atoms with Gasteiger partial charge in [0, 0.05) is 43.9 Å². The molecule has 0 spiro atoms. The molecule has 2 heterocycles. The molecule has 1 N–H and O–H groups in total. The van der Waals surface area contributed by atoms with Gasteiger partial charge < -0.3 is 14.6 Å². The van der Waals surface area contributed by atoms with Crippen molar-refractivity contribution >= 4 is 5.91 Å². The van der Waals surface area contributed by atoms with Gasteiger partial charge in [0.2, 0.25) is 5.91 Å². The van der Waals surface area contributed by atoms with Crippen LogP contribution in [0.25, 0.3) is 0 Å². The summed E-state index contributed by atoms with van der Waals surface area (Å²) in [5.74, 6) is 3.58. The number of piperidine rings is 1. The topological polar surface area (TPSA) is 45.5 Å². The van der Waals surface area contributed by atoms with Gasteiger partial charge in [-0.15, -0.1) is 0 Å². The van der Waals surface area contributed by atoms with Gasteiger partial charge in [-0.1, -0.05) is 6.92 Å². The van der Waals surface area contributed by atoms with Crippen LogP contribution in [0.1, 0.15) is 63.9 Å². The summed E-state index contributed by atoms with van der Waals surface area (Å²) in [5, 5.41) is 3.19. The Morgan fingerprint density at radius 3 is 2.65 bits per heavy atom. The van der Waals surface area contributed by atoms with Crippen LogP contribution in [-0.2, 0) is 11.2 Å². The molecule has 2 unspecified atom stereocenters. The third kappa shape index (κ3) is 4.37. The molecule has 2 fully saturated rings. The van der Waals surface area contributed by atoms with Crippen molar-refractivity contribution in [1.82, 2.24) is 10.2 Å². The standard InChI is InChI=1S/C19H30N2O2/c1-13(2)21-10-8-15(9-11-21)20-19(22)7-5-16-4-6-18(23-16)17-12-14(17)3/h4,6,13-15,17H,5,7-12H2,1-3H3,(H,20,22). The van der Waals surface area contributed by atoms with Gasteiger partial charge in [0.25, 0.3) is 0 Å². The van der Waals surface area contributed by atoms with Crippen molar-refractivity contribution in [1.29, 1.82) is 0 Å². The van der Waals surface area contributed by atoms with E-state index in [0.717, 1.165) is 43.4 Å². The Kier molecular flexibility index (Phi) is 5.10. The number of carbonyl (C=O) groups is 1. The highest BCUT2D eigenvalue weighted by atomic mass is 16.3. The van der Waals surface area contributed by atoms with Crippen molar-refractivity contribution in [3.05, 3.63) is 23.7 Å². The van der Waals surface area contributed by atoms with E-state index in [9.17, 15) is 4.79 Å². The highest BCUT2D eigenvalue weighted by Crippen LogP contribution is 2.47. The SMILES string of the molecule is CC1CC1c1ccc(CCC(=O)NC2CCN(C(C)C)CC2)o1. The van der Waals surface area contributed by atoms with E-state index in [1.54, 1.807) is 0 Å². The molecule has 23 heavy (non-hydrogen) atoms. The monoisotopic (exact) mass is 318 g/mol. The van der Waals surface area contributed by atoms with Crippen LogP contribution in [-0.4, -0.2) is 36.0 Å². The molecule has 1 saturated heterocycles. The summed E-state index contributed by atoms with van der Waals surface area (Å²) in [5.41, 5.74) is 0. The molecule has 0 bridgehead atoms. The fraction of sp³-hybridized carbons (Fsp3) is 0.737. The van der Waals surface area contributed by atoms with Crippen molar-refractivity contribution in [3.63, 3.8) is 0 Å². The van der Waals surface area contributed by atoms with Crippen molar-refractivity contribution in [3.8, 4) is 0 Å². The predicted molar refractivity (Wildman–Crippen MR) is 91.4 cm³/mol. The lowest BCUT2D eigenvalue weighted by molar-refractivity contribution is -0.122. The number of hydrogen-bond donors (Lipinski definition) is 1. The summed E-state index contributed by atoms with van der Waals surface area (Å²) < 4.78 is 5.87. The molecule has 0 aromatic carbocycles. The van der Waals surface area contributed by atoms with E-state index in [1.165, 1.54) is 6.42 Å². The first kappa shape index (κ1) is 16.6. The molecular formula is C19H30N2O2. The highest BCUT2D eigenvalue weighted by molar-refractivity contribution is 5.76. The zero-order chi connectivity index (χ0) is 16.4. The highest BCUT2D eigenvalue weighted by Gasteiger charge is 2.36. The van der Waals surface area contributed by atoms with Gasteiger partial charge in [-0.05, 0) is 51.2 Å². The summed E-state index contributed by atoms with van der Waals surface area (Å²) in [6.45, 7) is 8.90. The Balaban J connectivity index is 1.37. The largest absolute Gasteiger partial charge is 0.466 e. The number of likely N-dealkylation sites (tertiary alicyclic amines) is 1. The number of nitrogens with zero attached hydrogens (tertiary/aromatic N) is 1. The molecule has 1 aromatic heterocycles. The molecule has 4 nitrogen and oxygen atoms in total. The average molecular weight is 318 g/mol. The van der Waals surface area contributed by atoms with Crippen LogP contribution in [0.5, 0.6) is 0 Å². The van der Waals surface area contributed by atoms with Gasteiger partial charge in [0.15, 0.2) is 0 Å². The van der Waals surface area contributed by atoms with Gasteiger partial charge in [-0.2, -0.15) is 0 Å². The summed E-state index contributed by atoms with van der Waals surface area (Å²) in [6.07, 6.45) is 4.60. The number of nitrogens with one attached hydrogen (secondary N) is 1. The third-order valence-electron chi connectivity index (χ3n) is 5.38. The van der Waals surface area contributed by atoms with E-state index in [0.29, 0.717) is 30.8 Å². The molecular weight excluding hydrogens is 288 g/mol. The maximum Gasteiger partial charge on any atom is 0.220 e. The van der Waals surface area contributed by atoms with Crippen LogP contribution in [0.4, 0.5) is 0 Å². The van der Waals surface area contributed by atoms with E-state index in [-0.39, 0.29) is 5.91 Å². The van der Waals surface area contributed by atoms with Crippen LogP contribution in [0.15, 0.2) is 16.5 Å². The molecule has 1 aliphatic carbocycles. The molecule has 1 saturated carbocycles. The Morgan fingerprint density at radius 1 is 1.35 bits per heavy atom. The fourth-order valence-electron chi connectivity index (χ4n) is 3.54. The summed E-state index contributed by atoms with van der Waals surface area (Å²) in [7, 11) is 0. The number of rotatable bonds is 6. The molecule has 2 aliphatic rings. The second-order valence-corrected chi connectivity index (χ2v) is 7.60. The molecule has 4 heteroatoms. The maximum atomic E-state index is 12.1. The molecule has 0 radical (unpaired) electrons. The molecule has 1 aliphatic heterocycles. The van der Waals surface area contributed by atoms with E-state index in [1.807, 2.05) is 6.07 Å². The molecule has 1 aromatic rings. The van der Waals surface area contributed by atoms with Crippen LogP contribution in [0.3, 0.4) is 0 Å². The van der Waals surface area contributed by atoms with Crippen LogP contribution in [0, 0.1) is 5.92 Å². The second kappa shape index (κ2) is 7.08. The normalized spacial score (nSPS) is 25.7. The minimum Gasteiger partial charge on any atom is -0.466 e. The lowest BCUT2D eigenvalue weighted by Crippen LogP contribution is -2.46. The average Bonchev–Trinajstić information content (AvgIpc) is 3.08. The second-order valence-electron chi connectivity index (χ2n) is 7.60. The Bertz CT molecular complexity index is 529. The van der Waals surface area contributed by atoms with E-state index in [4.69, 9.17) is 4.42 Å². The zero-order valence-electron chi connectivity index (χ0n) is 14.7. The summed E-state index contributed by atoms with van der Waals surface area (Å²) in [6, 6.07) is 5.07. The summed E-state index contributed by atoms with van der Waals surface area (Å²) >= 11 is 0. The maximum absolute atomic E-state index is 12.1. The van der Waals surface area contributed by atoms with Gasteiger partial charge in [-0.25, -0.2) is 0 Å². The Hall–Kier alpha value is -1.29. The molecule has 128 valence electrons. The minimum atomic E-state index is 0.158. The van der Waals surface area contributed by atoms with Gasteiger partial charge in [-0.3, -0.25) is 4.79 Å². The van der Waals surface area contributed by atoms with Gasteiger partial charge >= 0.3 is 0 Å². The van der Waals surface area contributed by atoms with E-state index in [2.05, 4.69) is 37.1 Å². The van der Waals surface area contributed by atoms with Crippen molar-refractivity contribution < 1.29 is 9.21 Å². The van der Waals surface area contributed by atoms with Gasteiger partial charge in [0.05, 0.1) is 0 Å². The smallest absolute Gasteiger partial charge is 0.220 e. The first-order valence-electron chi connectivity index (χ1n) is 9.15. The first-order chi connectivity index (χ1) is 11.0. The molecule has 2 atom stereocenters. The zero-order valence-corrected chi connectivity index (χ0v) is 14.7. The minimum absolute atomic E-state index is 0.158. The lowest BCUT2D eigenvalue weighted by Gasteiger charge is -2.34. The van der Waals surface area contributed by atoms with Crippen molar-refractivity contribution in [2.24, 2.45) is 5.92 Å². The Labute approximate surface area is 139 Å². The number of amides is 1. The molecule has 1 amide bonds. The quantitative estimate of drug-likeness (QED) is 0.875. The van der Waals surface area contributed by atoms with Gasteiger partial charge in [0.1, 0.15) is 11.5 Å².